The molecule has 0 aliphatic carbocycles. The first-order valence-corrected chi connectivity index (χ1v) is 6.12. The number of rotatable bonds is 4. The number of halogens is 2. The lowest BCUT2D eigenvalue weighted by atomic mass is 10.2. The molecule has 18 heavy (non-hydrogen) atoms. The minimum Gasteiger partial charge on any atom is -0.479 e. The van der Waals surface area contributed by atoms with Crippen LogP contribution in [0.5, 0.6) is 0 Å². The molecule has 1 aromatic carbocycles. The first-order chi connectivity index (χ1) is 8.56. The van der Waals surface area contributed by atoms with Gasteiger partial charge in [-0.05, 0) is 18.2 Å². The smallest absolute Gasteiger partial charge is 0.333 e. The number of benzene rings is 1. The highest BCUT2D eigenvalue weighted by Crippen LogP contribution is 2.27. The number of nitrogens with one attached hydrogen (secondary N) is 1. The van der Waals surface area contributed by atoms with E-state index in [1.165, 1.54) is 24.4 Å². The van der Waals surface area contributed by atoms with Gasteiger partial charge in [-0.15, -0.1) is 11.3 Å². The second-order valence-electron chi connectivity index (χ2n) is 3.43. The highest BCUT2D eigenvalue weighted by molar-refractivity contribution is 7.16. The van der Waals surface area contributed by atoms with Gasteiger partial charge in [0.1, 0.15) is 15.2 Å². The summed E-state index contributed by atoms with van der Waals surface area (Å²) < 4.78 is 13.4. The van der Waals surface area contributed by atoms with Crippen molar-refractivity contribution in [2.24, 2.45) is 0 Å². The van der Waals surface area contributed by atoms with Gasteiger partial charge < -0.3 is 10.4 Å². The predicted molar refractivity (Wildman–Crippen MR) is 67.5 cm³/mol. The van der Waals surface area contributed by atoms with Crippen LogP contribution < -0.4 is 5.32 Å². The Morgan fingerprint density at radius 2 is 2.33 bits per heavy atom. The maximum atomic E-state index is 13.0. The summed E-state index contributed by atoms with van der Waals surface area (Å²) in [5, 5.41) is 12.1. The summed E-state index contributed by atoms with van der Waals surface area (Å²) in [7, 11) is 0. The van der Waals surface area contributed by atoms with Gasteiger partial charge in [0.05, 0.1) is 6.20 Å². The molecule has 0 spiro atoms. The Morgan fingerprint density at radius 3 is 2.89 bits per heavy atom. The molecule has 1 heterocycles. The average molecular weight is 287 g/mol. The van der Waals surface area contributed by atoms with Crippen molar-refractivity contribution in [3.8, 4) is 0 Å². The summed E-state index contributed by atoms with van der Waals surface area (Å²) in [5.41, 5.74) is 0.369. The molecule has 0 bridgehead atoms. The molecule has 0 radical (unpaired) electrons. The molecular weight excluding hydrogens is 279 g/mol. The van der Waals surface area contributed by atoms with Crippen LogP contribution in [0, 0.1) is 5.82 Å². The van der Waals surface area contributed by atoms with E-state index < -0.39 is 17.8 Å². The first-order valence-electron chi connectivity index (χ1n) is 4.92. The van der Waals surface area contributed by atoms with E-state index in [-0.39, 0.29) is 0 Å². The second-order valence-corrected chi connectivity index (χ2v) is 5.12. The molecule has 0 fully saturated rings. The molecule has 1 atom stereocenters. The van der Waals surface area contributed by atoms with Crippen molar-refractivity contribution in [3.05, 3.63) is 45.6 Å². The van der Waals surface area contributed by atoms with Gasteiger partial charge in [0.25, 0.3) is 0 Å². The van der Waals surface area contributed by atoms with E-state index in [2.05, 4.69) is 10.3 Å². The number of hydrogen-bond donors (Lipinski definition) is 2. The van der Waals surface area contributed by atoms with Crippen LogP contribution in [-0.4, -0.2) is 16.1 Å². The van der Waals surface area contributed by atoms with E-state index >= 15 is 0 Å². The lowest BCUT2D eigenvalue weighted by Crippen LogP contribution is -2.20. The van der Waals surface area contributed by atoms with Crippen LogP contribution in [-0.2, 0) is 4.79 Å². The molecule has 2 N–H and O–H groups in total. The Balaban J connectivity index is 2.24. The Labute approximate surface area is 111 Å². The highest BCUT2D eigenvalue weighted by atomic mass is 35.5. The van der Waals surface area contributed by atoms with Crippen LogP contribution in [0.4, 0.5) is 10.1 Å². The molecule has 0 aliphatic heterocycles. The molecule has 1 unspecified atom stereocenters. The molecular formula is C11H8ClFN2O2S. The minimum atomic E-state index is -1.11. The van der Waals surface area contributed by atoms with Gasteiger partial charge in [0, 0.05) is 5.69 Å². The number of nitrogens with zero attached hydrogens (tertiary/aromatic N) is 1. The molecule has 7 heteroatoms. The first kappa shape index (κ1) is 12.8. The van der Waals surface area contributed by atoms with Crippen LogP contribution in [0.3, 0.4) is 0 Å². The number of anilines is 1. The number of aliphatic carboxylic acids is 1. The Kier molecular flexibility index (Phi) is 3.78. The van der Waals surface area contributed by atoms with E-state index in [0.717, 1.165) is 11.3 Å². The second kappa shape index (κ2) is 5.32. The zero-order chi connectivity index (χ0) is 13.1. The van der Waals surface area contributed by atoms with Crippen LogP contribution in [0.2, 0.25) is 4.34 Å². The van der Waals surface area contributed by atoms with Crippen LogP contribution in [0.15, 0.2) is 30.5 Å². The van der Waals surface area contributed by atoms with Crippen molar-refractivity contribution in [3.63, 3.8) is 0 Å². The average Bonchev–Trinajstić information content (AvgIpc) is 2.72. The van der Waals surface area contributed by atoms with E-state index in [0.29, 0.717) is 15.0 Å². The monoisotopic (exact) mass is 286 g/mol. The molecule has 0 aliphatic rings. The van der Waals surface area contributed by atoms with Gasteiger partial charge in [-0.2, -0.15) is 0 Å². The third-order valence-corrected chi connectivity index (χ3v) is 3.30. The fourth-order valence-electron chi connectivity index (χ4n) is 1.37. The molecule has 0 saturated carbocycles. The zero-order valence-electron chi connectivity index (χ0n) is 8.93. The standard InChI is InChI=1S/C11H8ClFN2O2S/c12-8-5-14-10(18-8)9(11(16)17)15-7-3-1-2-6(13)4-7/h1-5,9,15H,(H,16,17). The van der Waals surface area contributed by atoms with Gasteiger partial charge in [-0.25, -0.2) is 14.2 Å². The van der Waals surface area contributed by atoms with E-state index in [4.69, 9.17) is 16.7 Å². The van der Waals surface area contributed by atoms with Crippen molar-refractivity contribution in [2.45, 2.75) is 6.04 Å². The summed E-state index contributed by atoms with van der Waals surface area (Å²) in [6, 6.07) is 4.51. The fourth-order valence-corrected chi connectivity index (χ4v) is 2.35. The van der Waals surface area contributed by atoms with Crippen LogP contribution in [0.1, 0.15) is 11.0 Å². The topological polar surface area (TPSA) is 62.2 Å². The normalized spacial score (nSPS) is 12.1. The van der Waals surface area contributed by atoms with Crippen molar-refractivity contribution in [1.82, 2.24) is 4.98 Å². The van der Waals surface area contributed by atoms with Gasteiger partial charge in [-0.3, -0.25) is 0 Å². The maximum absolute atomic E-state index is 13.0. The molecule has 4 nitrogen and oxygen atoms in total. The van der Waals surface area contributed by atoms with Gasteiger partial charge in [-0.1, -0.05) is 17.7 Å². The third kappa shape index (κ3) is 2.96. The zero-order valence-corrected chi connectivity index (χ0v) is 10.5. The summed E-state index contributed by atoms with van der Waals surface area (Å²) in [6.07, 6.45) is 1.38. The number of thiazole rings is 1. The van der Waals surface area contributed by atoms with Crippen LogP contribution in [0.25, 0.3) is 0 Å². The Morgan fingerprint density at radius 1 is 1.56 bits per heavy atom. The fraction of sp³-hybridized carbons (Fsp3) is 0.0909. The number of carboxylic acids is 1. The Hall–Kier alpha value is -1.66. The van der Waals surface area contributed by atoms with Gasteiger partial charge >= 0.3 is 5.97 Å². The Bertz CT molecular complexity index is 576. The summed E-state index contributed by atoms with van der Waals surface area (Å²) in [4.78, 5) is 15.1. The lowest BCUT2D eigenvalue weighted by molar-refractivity contribution is -0.138. The van der Waals surface area contributed by atoms with E-state index in [9.17, 15) is 9.18 Å². The molecule has 1 aromatic heterocycles. The summed E-state index contributed by atoms with van der Waals surface area (Å²) in [6.45, 7) is 0. The lowest BCUT2D eigenvalue weighted by Gasteiger charge is -2.13. The third-order valence-electron chi connectivity index (χ3n) is 2.12. The van der Waals surface area contributed by atoms with Gasteiger partial charge in [0.15, 0.2) is 6.04 Å². The summed E-state index contributed by atoms with van der Waals surface area (Å²) in [5.74, 6) is -1.55. The predicted octanol–water partition coefficient (Wildman–Crippen LogP) is 3.17. The largest absolute Gasteiger partial charge is 0.479 e. The number of aromatic nitrogens is 1. The molecule has 2 rings (SSSR count). The van der Waals surface area contributed by atoms with Crippen molar-refractivity contribution in [1.29, 1.82) is 0 Å². The molecule has 94 valence electrons. The van der Waals surface area contributed by atoms with E-state index in [1.807, 2.05) is 0 Å². The molecule has 2 aromatic rings. The van der Waals surface area contributed by atoms with Crippen LogP contribution >= 0.6 is 22.9 Å². The quantitative estimate of drug-likeness (QED) is 0.906. The number of hydrogen-bond acceptors (Lipinski definition) is 4. The highest BCUT2D eigenvalue weighted by Gasteiger charge is 2.23. The molecule has 0 amide bonds. The summed E-state index contributed by atoms with van der Waals surface area (Å²) >= 11 is 6.78. The molecule has 0 saturated heterocycles. The van der Waals surface area contributed by atoms with Crippen molar-refractivity contribution in [2.75, 3.05) is 5.32 Å². The van der Waals surface area contributed by atoms with Gasteiger partial charge in [0.2, 0.25) is 0 Å². The van der Waals surface area contributed by atoms with Crippen molar-refractivity contribution < 1.29 is 14.3 Å². The van der Waals surface area contributed by atoms with Crippen molar-refractivity contribution >= 4 is 34.6 Å². The van der Waals surface area contributed by atoms with E-state index in [1.54, 1.807) is 6.07 Å². The SMILES string of the molecule is O=C(O)C(Nc1cccc(F)c1)c1ncc(Cl)s1. The number of carbonyl (C=O) groups is 1. The maximum Gasteiger partial charge on any atom is 0.333 e. The minimum absolute atomic E-state index is 0.316. The number of carboxylic acid groups (broad SMARTS) is 1.